The Kier molecular flexibility index (Phi) is 13.8. The minimum atomic E-state index is -0.671. The Morgan fingerprint density at radius 3 is 0.913 bits per heavy atom. The van der Waals surface area contributed by atoms with Crippen LogP contribution in [0.25, 0.3) is 10.8 Å². The number of hydrogen-bond acceptors (Lipinski definition) is 12. The van der Waals surface area contributed by atoms with E-state index >= 15 is 0 Å². The molecule has 0 spiro atoms. The van der Waals surface area contributed by atoms with E-state index in [9.17, 15) is 19.2 Å². The van der Waals surface area contributed by atoms with Gasteiger partial charge < -0.3 is 37.9 Å². The third-order valence-electron chi connectivity index (χ3n) is 5.10. The van der Waals surface area contributed by atoms with Crippen LogP contribution in [0.5, 0.6) is 23.0 Å². The van der Waals surface area contributed by atoms with Gasteiger partial charge in [-0.15, -0.1) is 0 Å². The number of fused-ring (bicyclic) bond motifs is 1. The van der Waals surface area contributed by atoms with Crippen LogP contribution in [0.4, 0.5) is 0 Å². The molecule has 2 aromatic carbocycles. The summed E-state index contributed by atoms with van der Waals surface area (Å²) in [6.45, 7) is 20.0. The first-order chi connectivity index (χ1) is 21.8. The van der Waals surface area contributed by atoms with Crippen LogP contribution in [0.15, 0.2) is 123 Å². The summed E-state index contributed by atoms with van der Waals surface area (Å²) >= 11 is 0. The number of ether oxygens (including phenoxy) is 8. The maximum atomic E-state index is 11.7. The Hall–Kier alpha value is -6.30. The summed E-state index contributed by atoms with van der Waals surface area (Å²) in [4.78, 5) is 46.8. The molecule has 0 aliphatic heterocycles. The van der Waals surface area contributed by atoms with Gasteiger partial charge in [-0.25, -0.2) is 19.2 Å². The van der Waals surface area contributed by atoms with Crippen molar-refractivity contribution in [2.45, 2.75) is 27.7 Å². The van der Waals surface area contributed by atoms with E-state index in [1.54, 1.807) is 12.1 Å². The lowest BCUT2D eigenvalue weighted by Gasteiger charge is -2.14. The first kappa shape index (κ1) is 35.9. The fraction of sp³-hybridized carbons (Fsp3) is 0.118. The van der Waals surface area contributed by atoms with E-state index in [1.165, 1.54) is 39.8 Å². The topological polar surface area (TPSA) is 142 Å². The lowest BCUT2D eigenvalue weighted by molar-refractivity contribution is -0.134. The van der Waals surface area contributed by atoms with Gasteiger partial charge in [-0.1, -0.05) is 26.3 Å². The Labute approximate surface area is 265 Å². The number of rotatable bonds is 16. The quantitative estimate of drug-likeness (QED) is 0.0839. The second-order valence-corrected chi connectivity index (χ2v) is 9.21. The smallest absolute Gasteiger partial charge is 0.338 e. The molecule has 2 aromatic rings. The van der Waals surface area contributed by atoms with Crippen molar-refractivity contribution >= 4 is 34.6 Å². The van der Waals surface area contributed by atoms with Crippen LogP contribution in [0, 0.1) is 0 Å². The average molecular weight is 633 g/mol. The van der Waals surface area contributed by atoms with Crippen LogP contribution in [0.3, 0.4) is 0 Å². The first-order valence-electron chi connectivity index (χ1n) is 13.1. The molecular formula is C34H32O12. The molecule has 0 unspecified atom stereocenters. The van der Waals surface area contributed by atoms with E-state index in [-0.39, 0.29) is 45.3 Å². The molecule has 46 heavy (non-hydrogen) atoms. The van der Waals surface area contributed by atoms with E-state index in [2.05, 4.69) is 26.3 Å². The number of carbonyl (C=O) groups is 4. The molecule has 240 valence electrons. The molecule has 2 rings (SSSR count). The van der Waals surface area contributed by atoms with Gasteiger partial charge in [0.2, 0.25) is 0 Å². The first-order valence-corrected chi connectivity index (χ1v) is 13.1. The third kappa shape index (κ3) is 11.4. The summed E-state index contributed by atoms with van der Waals surface area (Å²) < 4.78 is 42.4. The van der Waals surface area contributed by atoms with Crippen molar-refractivity contribution in [3.05, 3.63) is 123 Å². The van der Waals surface area contributed by atoms with E-state index in [1.807, 2.05) is 0 Å². The molecule has 0 saturated carbocycles. The van der Waals surface area contributed by atoms with Crippen LogP contribution >= 0.6 is 0 Å². The summed E-state index contributed by atoms with van der Waals surface area (Å²) in [7, 11) is 0. The lowest BCUT2D eigenvalue weighted by Crippen LogP contribution is -2.00. The van der Waals surface area contributed by atoms with E-state index in [0.717, 1.165) is 50.1 Å². The summed E-state index contributed by atoms with van der Waals surface area (Å²) in [5.74, 6) is -1.97. The molecule has 0 aliphatic rings. The van der Waals surface area contributed by atoms with Gasteiger partial charge in [0, 0.05) is 33.1 Å². The van der Waals surface area contributed by atoms with Gasteiger partial charge in [-0.05, 0) is 52.0 Å². The van der Waals surface area contributed by atoms with Gasteiger partial charge in [0.25, 0.3) is 0 Å². The van der Waals surface area contributed by atoms with Gasteiger partial charge in [-0.2, -0.15) is 0 Å². The van der Waals surface area contributed by atoms with Gasteiger partial charge in [0.1, 0.15) is 61.6 Å². The van der Waals surface area contributed by atoms with E-state index in [4.69, 9.17) is 37.9 Å². The highest BCUT2D eigenvalue weighted by Crippen LogP contribution is 2.41. The van der Waals surface area contributed by atoms with Crippen LogP contribution < -0.4 is 18.9 Å². The molecule has 12 heteroatoms. The van der Waals surface area contributed by atoms with Crippen molar-refractivity contribution in [2.24, 2.45) is 0 Å². The predicted octanol–water partition coefficient (Wildman–Crippen LogP) is 6.72. The van der Waals surface area contributed by atoms with Gasteiger partial charge >= 0.3 is 23.9 Å². The average Bonchev–Trinajstić information content (AvgIpc) is 3.01. The number of hydrogen-bond donors (Lipinski definition) is 0. The molecule has 0 bridgehead atoms. The highest BCUT2D eigenvalue weighted by atomic mass is 16.6. The predicted molar refractivity (Wildman–Crippen MR) is 167 cm³/mol. The summed E-state index contributed by atoms with van der Waals surface area (Å²) in [5.41, 5.74) is 0.735. The van der Waals surface area contributed by atoms with Crippen molar-refractivity contribution in [1.82, 2.24) is 0 Å². The third-order valence-corrected chi connectivity index (χ3v) is 5.10. The SMILES string of the molecule is C=C(C)C(=O)OC=COc1cc2c(OC=COC(=O)C(=C)C)ccc(OC=COC(=O)C(=C)C)c2cc1OC=COC(=O)C(=C)C. The summed E-state index contributed by atoms with van der Waals surface area (Å²) in [6.07, 6.45) is 8.51. The van der Waals surface area contributed by atoms with Crippen molar-refractivity contribution in [3.63, 3.8) is 0 Å². The Bertz CT molecular complexity index is 1550. The molecular weight excluding hydrogens is 600 g/mol. The highest BCUT2D eigenvalue weighted by Gasteiger charge is 2.15. The van der Waals surface area contributed by atoms with E-state index in [0.29, 0.717) is 10.8 Å². The molecule has 12 nitrogen and oxygen atoms in total. The summed E-state index contributed by atoms with van der Waals surface area (Å²) in [5, 5.41) is 0.793. The van der Waals surface area contributed by atoms with Gasteiger partial charge in [-0.3, -0.25) is 0 Å². The fourth-order valence-corrected chi connectivity index (χ4v) is 2.85. The zero-order valence-corrected chi connectivity index (χ0v) is 25.7. The number of carbonyl (C=O) groups excluding carboxylic acids is 4. The minimum absolute atomic E-state index is 0.0802. The van der Waals surface area contributed by atoms with Crippen LogP contribution in [0.1, 0.15) is 27.7 Å². The normalized spacial score (nSPS) is 11.0. The monoisotopic (exact) mass is 632 g/mol. The molecule has 0 saturated heterocycles. The molecule has 0 heterocycles. The number of esters is 4. The second kappa shape index (κ2) is 17.7. The molecule has 0 N–H and O–H groups in total. The maximum Gasteiger partial charge on any atom is 0.338 e. The number of benzene rings is 2. The zero-order valence-electron chi connectivity index (χ0n) is 25.7. The van der Waals surface area contributed by atoms with Crippen molar-refractivity contribution in [1.29, 1.82) is 0 Å². The highest BCUT2D eigenvalue weighted by molar-refractivity contribution is 5.96. The van der Waals surface area contributed by atoms with Crippen molar-refractivity contribution in [3.8, 4) is 23.0 Å². The van der Waals surface area contributed by atoms with E-state index < -0.39 is 23.9 Å². The Morgan fingerprint density at radius 2 is 0.674 bits per heavy atom. The second-order valence-electron chi connectivity index (χ2n) is 9.21. The largest absolute Gasteiger partial charge is 0.461 e. The minimum Gasteiger partial charge on any atom is -0.461 e. The van der Waals surface area contributed by atoms with Crippen molar-refractivity contribution in [2.75, 3.05) is 0 Å². The molecule has 0 aliphatic carbocycles. The fourth-order valence-electron chi connectivity index (χ4n) is 2.85. The molecule has 0 aromatic heterocycles. The summed E-state index contributed by atoms with van der Waals surface area (Å²) in [6, 6.07) is 6.10. The molecule has 0 amide bonds. The van der Waals surface area contributed by atoms with Crippen LogP contribution in [-0.2, 0) is 38.1 Å². The van der Waals surface area contributed by atoms with Crippen LogP contribution in [-0.4, -0.2) is 23.9 Å². The molecule has 0 radical (unpaired) electrons. The maximum absolute atomic E-state index is 11.7. The Morgan fingerprint density at radius 1 is 0.435 bits per heavy atom. The zero-order chi connectivity index (χ0) is 34.2. The lowest BCUT2D eigenvalue weighted by atomic mass is 10.1. The van der Waals surface area contributed by atoms with Gasteiger partial charge in [0.15, 0.2) is 11.5 Å². The molecule has 0 atom stereocenters. The molecule has 0 fully saturated rings. The van der Waals surface area contributed by atoms with Crippen molar-refractivity contribution < 1.29 is 57.1 Å². The van der Waals surface area contributed by atoms with Crippen LogP contribution in [0.2, 0.25) is 0 Å². The Balaban J connectivity index is 2.57. The van der Waals surface area contributed by atoms with Gasteiger partial charge in [0.05, 0.1) is 0 Å². The standard InChI is InChI=1S/C34H32O12/c1-21(2)31(35)43-15-11-39-27-9-10-28(40-12-16-44-32(36)22(3)4)26-20-30(42-14-18-46-34(38)24(7)8)29(19-25(26)27)41-13-17-45-33(37)23(5)6/h9-20H,1,3,5,7H2,2,4,6,8H3.